The quantitative estimate of drug-likeness (QED) is 0.883. The van der Waals surface area contributed by atoms with Crippen LogP contribution in [0.25, 0.3) is 0 Å². The summed E-state index contributed by atoms with van der Waals surface area (Å²) in [6.45, 7) is 4.90. The topological polar surface area (TPSA) is 60.9 Å². The van der Waals surface area contributed by atoms with E-state index in [1.165, 1.54) is 4.90 Å². The van der Waals surface area contributed by atoms with Crippen molar-refractivity contribution in [3.05, 3.63) is 35.4 Å². The third kappa shape index (κ3) is 3.82. The first kappa shape index (κ1) is 15.5. The van der Waals surface area contributed by atoms with Crippen LogP contribution >= 0.6 is 0 Å². The lowest BCUT2D eigenvalue weighted by Gasteiger charge is -2.34. The summed E-state index contributed by atoms with van der Waals surface area (Å²) in [5.41, 5.74) is 1.88. The fourth-order valence-electron chi connectivity index (χ4n) is 2.45. The van der Waals surface area contributed by atoms with Crippen molar-refractivity contribution >= 4 is 11.8 Å². The summed E-state index contributed by atoms with van der Waals surface area (Å²) >= 11 is 0. The highest BCUT2D eigenvalue weighted by molar-refractivity contribution is 5.92. The van der Waals surface area contributed by atoms with Gasteiger partial charge in [0.15, 0.2) is 0 Å². The van der Waals surface area contributed by atoms with Crippen LogP contribution in [-0.2, 0) is 9.59 Å². The van der Waals surface area contributed by atoms with Crippen LogP contribution < -0.4 is 0 Å². The summed E-state index contributed by atoms with van der Waals surface area (Å²) in [7, 11) is 0. The van der Waals surface area contributed by atoms with Gasteiger partial charge in [-0.2, -0.15) is 0 Å². The Morgan fingerprint density at radius 2 is 1.67 bits per heavy atom. The number of aliphatic hydroxyl groups is 1. The Hall–Kier alpha value is -1.88. The molecule has 0 radical (unpaired) electrons. The molecule has 1 aliphatic heterocycles. The zero-order chi connectivity index (χ0) is 15.4. The number of rotatable bonds is 5. The van der Waals surface area contributed by atoms with Gasteiger partial charge in [-0.3, -0.25) is 9.59 Å². The lowest BCUT2D eigenvalue weighted by molar-refractivity contribution is -0.151. The van der Waals surface area contributed by atoms with Gasteiger partial charge in [-0.25, -0.2) is 0 Å². The fourth-order valence-corrected chi connectivity index (χ4v) is 2.45. The first-order valence-corrected chi connectivity index (χ1v) is 7.31. The van der Waals surface area contributed by atoms with Gasteiger partial charge in [-0.05, 0) is 18.9 Å². The molecule has 0 aliphatic carbocycles. The largest absolute Gasteiger partial charge is 0.387 e. The first-order valence-electron chi connectivity index (χ1n) is 7.31. The molecule has 1 atom stereocenters. The monoisotopic (exact) mass is 290 g/mol. The maximum absolute atomic E-state index is 12.1. The van der Waals surface area contributed by atoms with E-state index in [2.05, 4.69) is 0 Å². The second-order valence-corrected chi connectivity index (χ2v) is 5.52. The maximum atomic E-state index is 12.1. The molecular formula is C16H22N2O3. The van der Waals surface area contributed by atoms with Crippen molar-refractivity contribution in [3.63, 3.8) is 0 Å². The van der Waals surface area contributed by atoms with Gasteiger partial charge in [0, 0.05) is 6.54 Å². The van der Waals surface area contributed by atoms with E-state index in [4.69, 9.17) is 0 Å². The van der Waals surface area contributed by atoms with Gasteiger partial charge in [0.2, 0.25) is 11.8 Å². The van der Waals surface area contributed by atoms with Gasteiger partial charge in [-0.15, -0.1) is 0 Å². The number of aliphatic hydroxyl groups excluding tert-OH is 1. The smallest absolute Gasteiger partial charge is 0.242 e. The molecule has 1 N–H and O–H groups in total. The Balaban J connectivity index is 1.98. The molecule has 1 unspecified atom stereocenters. The van der Waals surface area contributed by atoms with E-state index >= 15 is 0 Å². The highest BCUT2D eigenvalue weighted by Gasteiger charge is 2.30. The predicted molar refractivity (Wildman–Crippen MR) is 79.6 cm³/mol. The summed E-state index contributed by atoms with van der Waals surface area (Å²) in [6, 6.07) is 7.54. The van der Waals surface area contributed by atoms with E-state index in [1.54, 1.807) is 4.90 Å². The molecule has 1 fully saturated rings. The molecule has 0 saturated carbocycles. The Morgan fingerprint density at radius 1 is 1.10 bits per heavy atom. The number of aryl methyl sites for hydroxylation is 1. The minimum absolute atomic E-state index is 0.0486. The van der Waals surface area contributed by atoms with Crippen molar-refractivity contribution < 1.29 is 14.7 Å². The second-order valence-electron chi connectivity index (χ2n) is 5.52. The molecule has 0 aromatic heterocycles. The van der Waals surface area contributed by atoms with E-state index < -0.39 is 6.10 Å². The normalized spacial score (nSPS) is 17.3. The highest BCUT2D eigenvalue weighted by atomic mass is 16.3. The molecule has 0 spiro atoms. The molecule has 0 bridgehead atoms. The van der Waals surface area contributed by atoms with Crippen LogP contribution in [0, 0.1) is 6.92 Å². The zero-order valence-corrected chi connectivity index (χ0v) is 12.6. The number of carbonyl (C=O) groups is 2. The van der Waals surface area contributed by atoms with E-state index in [0.29, 0.717) is 6.54 Å². The van der Waals surface area contributed by atoms with E-state index in [-0.39, 0.29) is 31.4 Å². The molecule has 1 heterocycles. The lowest BCUT2D eigenvalue weighted by atomic mass is 10.1. The summed E-state index contributed by atoms with van der Waals surface area (Å²) in [6.07, 6.45) is 0.0745. The molecular weight excluding hydrogens is 268 g/mol. The number of hydrogen-bond donors (Lipinski definition) is 1. The SMILES string of the molecule is CCCN1CC(=O)N(CC(O)c2ccc(C)cc2)CC1=O. The first-order chi connectivity index (χ1) is 10.0. The van der Waals surface area contributed by atoms with Gasteiger partial charge < -0.3 is 14.9 Å². The summed E-state index contributed by atoms with van der Waals surface area (Å²) < 4.78 is 0. The van der Waals surface area contributed by atoms with Crippen molar-refractivity contribution in [1.82, 2.24) is 9.80 Å². The van der Waals surface area contributed by atoms with Crippen LogP contribution in [0.3, 0.4) is 0 Å². The molecule has 5 nitrogen and oxygen atoms in total. The fraction of sp³-hybridized carbons (Fsp3) is 0.500. The second kappa shape index (κ2) is 6.72. The number of piperazine rings is 1. The van der Waals surface area contributed by atoms with Crippen molar-refractivity contribution in [3.8, 4) is 0 Å². The van der Waals surface area contributed by atoms with Crippen molar-refractivity contribution in [2.24, 2.45) is 0 Å². The van der Waals surface area contributed by atoms with Gasteiger partial charge in [0.25, 0.3) is 0 Å². The number of amides is 2. The third-order valence-corrected chi connectivity index (χ3v) is 3.71. The van der Waals surface area contributed by atoms with Crippen LogP contribution in [0.5, 0.6) is 0 Å². The predicted octanol–water partition coefficient (Wildman–Crippen LogP) is 1.11. The van der Waals surface area contributed by atoms with Crippen LogP contribution in [0.2, 0.25) is 0 Å². The van der Waals surface area contributed by atoms with Crippen LogP contribution in [0.1, 0.15) is 30.6 Å². The number of nitrogens with zero attached hydrogens (tertiary/aromatic N) is 2. The maximum Gasteiger partial charge on any atom is 0.242 e. The van der Waals surface area contributed by atoms with Crippen molar-refractivity contribution in [2.75, 3.05) is 26.2 Å². The summed E-state index contributed by atoms with van der Waals surface area (Å²) in [5, 5.41) is 10.2. The molecule has 1 aliphatic rings. The highest BCUT2D eigenvalue weighted by Crippen LogP contribution is 2.17. The van der Waals surface area contributed by atoms with E-state index in [1.807, 2.05) is 38.1 Å². The van der Waals surface area contributed by atoms with Crippen LogP contribution in [-0.4, -0.2) is 52.9 Å². The molecule has 2 amide bonds. The Labute approximate surface area is 125 Å². The molecule has 21 heavy (non-hydrogen) atoms. The van der Waals surface area contributed by atoms with Gasteiger partial charge in [-0.1, -0.05) is 36.8 Å². The minimum Gasteiger partial charge on any atom is -0.387 e. The van der Waals surface area contributed by atoms with Crippen molar-refractivity contribution in [1.29, 1.82) is 0 Å². The average molecular weight is 290 g/mol. The molecule has 5 heteroatoms. The molecule has 114 valence electrons. The average Bonchev–Trinajstić information content (AvgIpc) is 2.45. The van der Waals surface area contributed by atoms with Crippen LogP contribution in [0.15, 0.2) is 24.3 Å². The minimum atomic E-state index is -0.764. The number of β-amino-alcohol motifs (C(OH)–C–C–N with tert-alkyl or cyclic N) is 1. The number of hydrogen-bond acceptors (Lipinski definition) is 3. The molecule has 2 rings (SSSR count). The molecule has 1 aromatic carbocycles. The van der Waals surface area contributed by atoms with Gasteiger partial charge in [0.1, 0.15) is 0 Å². The number of benzene rings is 1. The van der Waals surface area contributed by atoms with Gasteiger partial charge in [0.05, 0.1) is 25.7 Å². The van der Waals surface area contributed by atoms with Crippen LogP contribution in [0.4, 0.5) is 0 Å². The molecule has 1 saturated heterocycles. The third-order valence-electron chi connectivity index (χ3n) is 3.71. The standard InChI is InChI=1S/C16H22N2O3/c1-3-8-17-10-16(21)18(11-15(17)20)9-14(19)13-6-4-12(2)5-7-13/h4-7,14,19H,3,8-11H2,1-2H3. The zero-order valence-electron chi connectivity index (χ0n) is 12.6. The Kier molecular flexibility index (Phi) is 4.96. The van der Waals surface area contributed by atoms with E-state index in [0.717, 1.165) is 17.5 Å². The Morgan fingerprint density at radius 3 is 2.29 bits per heavy atom. The molecule has 1 aromatic rings. The number of carbonyl (C=O) groups excluding carboxylic acids is 2. The summed E-state index contributed by atoms with van der Waals surface area (Å²) in [4.78, 5) is 27.0. The summed E-state index contributed by atoms with van der Waals surface area (Å²) in [5.74, 6) is -0.151. The van der Waals surface area contributed by atoms with Crippen molar-refractivity contribution in [2.45, 2.75) is 26.4 Å². The van der Waals surface area contributed by atoms with Gasteiger partial charge >= 0.3 is 0 Å². The van der Waals surface area contributed by atoms with E-state index in [9.17, 15) is 14.7 Å². The lowest BCUT2D eigenvalue weighted by Crippen LogP contribution is -2.54. The Bertz CT molecular complexity index is 513.